The van der Waals surface area contributed by atoms with Gasteiger partial charge in [-0.05, 0) is 12.5 Å². The Balaban J connectivity index is 1.87. The van der Waals surface area contributed by atoms with E-state index in [9.17, 15) is 0 Å². The average Bonchev–Trinajstić information content (AvgIpc) is 2.24. The molecule has 1 aromatic rings. The topological polar surface area (TPSA) is 44.2 Å². The molecule has 0 spiro atoms. The summed E-state index contributed by atoms with van der Waals surface area (Å²) in [5.74, 6) is 0.598. The summed E-state index contributed by atoms with van der Waals surface area (Å²) in [6.45, 7) is 6.38. The summed E-state index contributed by atoms with van der Waals surface area (Å²) in [7, 11) is 0. The van der Waals surface area contributed by atoms with E-state index in [2.05, 4.69) is 24.0 Å². The molecular formula is C11H16N2O2. The smallest absolute Gasteiger partial charge is 0.233 e. The molecule has 4 nitrogen and oxygen atoms in total. The Bertz CT molecular complexity index is 320. The van der Waals surface area contributed by atoms with Crippen molar-refractivity contribution in [3.05, 3.63) is 17.8 Å². The summed E-state index contributed by atoms with van der Waals surface area (Å²) >= 11 is 0. The van der Waals surface area contributed by atoms with Crippen LogP contribution in [-0.4, -0.2) is 30.0 Å². The van der Waals surface area contributed by atoms with Crippen molar-refractivity contribution in [3.8, 4) is 5.88 Å². The monoisotopic (exact) mass is 208 g/mol. The summed E-state index contributed by atoms with van der Waals surface area (Å²) in [6.07, 6.45) is 0.902. The van der Waals surface area contributed by atoms with E-state index in [-0.39, 0.29) is 5.41 Å². The number of hydrogen-bond donors (Lipinski definition) is 0. The van der Waals surface area contributed by atoms with Crippen LogP contribution >= 0.6 is 0 Å². The third kappa shape index (κ3) is 2.45. The first kappa shape index (κ1) is 10.4. The van der Waals surface area contributed by atoms with E-state index in [1.807, 2.05) is 12.1 Å². The second-order valence-corrected chi connectivity index (χ2v) is 4.31. The summed E-state index contributed by atoms with van der Waals surface area (Å²) in [5.41, 5.74) is 1.14. The lowest BCUT2D eigenvalue weighted by Crippen LogP contribution is -2.44. The third-order valence-electron chi connectivity index (χ3n) is 2.53. The first-order chi connectivity index (χ1) is 7.22. The van der Waals surface area contributed by atoms with Gasteiger partial charge in [0.15, 0.2) is 0 Å². The molecule has 0 bridgehead atoms. The van der Waals surface area contributed by atoms with Gasteiger partial charge in [0.1, 0.15) is 0 Å². The first-order valence-corrected chi connectivity index (χ1v) is 5.25. The fourth-order valence-electron chi connectivity index (χ4n) is 1.40. The predicted molar refractivity (Wildman–Crippen MR) is 55.8 cm³/mol. The van der Waals surface area contributed by atoms with Crippen LogP contribution in [-0.2, 0) is 11.2 Å². The van der Waals surface area contributed by atoms with E-state index in [0.29, 0.717) is 12.5 Å². The van der Waals surface area contributed by atoms with Crippen molar-refractivity contribution in [3.63, 3.8) is 0 Å². The minimum atomic E-state index is 0.158. The largest absolute Gasteiger partial charge is 0.476 e. The minimum absolute atomic E-state index is 0.158. The van der Waals surface area contributed by atoms with E-state index in [0.717, 1.165) is 25.3 Å². The summed E-state index contributed by atoms with van der Waals surface area (Å²) < 4.78 is 10.7. The van der Waals surface area contributed by atoms with Crippen LogP contribution in [0.4, 0.5) is 0 Å². The molecule has 0 amide bonds. The highest BCUT2D eigenvalue weighted by Crippen LogP contribution is 2.26. The van der Waals surface area contributed by atoms with Crippen LogP contribution in [0, 0.1) is 5.41 Å². The second kappa shape index (κ2) is 4.14. The predicted octanol–water partition coefficient (Wildman–Crippen LogP) is 1.45. The number of nitrogens with zero attached hydrogens (tertiary/aromatic N) is 2. The van der Waals surface area contributed by atoms with Gasteiger partial charge in [-0.1, -0.05) is 13.8 Å². The standard InChI is InChI=1S/C11H16N2O2/c1-3-9-4-5-10(13-12-9)15-8-11(2)6-14-7-11/h4-5H,3,6-8H2,1-2H3. The van der Waals surface area contributed by atoms with Crippen molar-refractivity contribution in [2.45, 2.75) is 20.3 Å². The molecule has 2 heterocycles. The summed E-state index contributed by atoms with van der Waals surface area (Å²) in [4.78, 5) is 0. The molecule has 2 rings (SSSR count). The molecule has 0 N–H and O–H groups in total. The molecule has 0 aromatic carbocycles. The molecule has 0 radical (unpaired) electrons. The second-order valence-electron chi connectivity index (χ2n) is 4.31. The quantitative estimate of drug-likeness (QED) is 0.751. The Morgan fingerprint density at radius 2 is 2.20 bits per heavy atom. The van der Waals surface area contributed by atoms with Crippen molar-refractivity contribution >= 4 is 0 Å². The van der Waals surface area contributed by atoms with Crippen molar-refractivity contribution in [2.75, 3.05) is 19.8 Å². The lowest BCUT2D eigenvalue weighted by Gasteiger charge is -2.37. The van der Waals surface area contributed by atoms with Crippen LogP contribution in [0.25, 0.3) is 0 Å². The van der Waals surface area contributed by atoms with Crippen LogP contribution in [0.1, 0.15) is 19.5 Å². The van der Waals surface area contributed by atoms with Crippen LogP contribution < -0.4 is 4.74 Å². The SMILES string of the molecule is CCc1ccc(OCC2(C)COC2)nn1. The highest BCUT2D eigenvalue weighted by Gasteiger charge is 2.34. The number of aromatic nitrogens is 2. The summed E-state index contributed by atoms with van der Waals surface area (Å²) in [5, 5.41) is 8.03. The molecular weight excluding hydrogens is 192 g/mol. The van der Waals surface area contributed by atoms with Gasteiger partial charge in [-0.25, -0.2) is 0 Å². The van der Waals surface area contributed by atoms with Gasteiger partial charge in [-0.2, -0.15) is 5.10 Å². The Kier molecular flexibility index (Phi) is 2.86. The van der Waals surface area contributed by atoms with Crippen molar-refractivity contribution in [1.82, 2.24) is 10.2 Å². The normalized spacial score (nSPS) is 18.3. The molecule has 0 unspecified atom stereocenters. The average molecular weight is 208 g/mol. The summed E-state index contributed by atoms with van der Waals surface area (Å²) in [6, 6.07) is 3.82. The third-order valence-corrected chi connectivity index (χ3v) is 2.53. The van der Waals surface area contributed by atoms with E-state index in [4.69, 9.17) is 9.47 Å². The molecule has 4 heteroatoms. The molecule has 1 aromatic heterocycles. The van der Waals surface area contributed by atoms with Gasteiger partial charge in [0.2, 0.25) is 5.88 Å². The van der Waals surface area contributed by atoms with Crippen molar-refractivity contribution < 1.29 is 9.47 Å². The molecule has 0 saturated carbocycles. The Hall–Kier alpha value is -1.16. The zero-order chi connectivity index (χ0) is 10.7. The zero-order valence-electron chi connectivity index (χ0n) is 9.19. The molecule has 15 heavy (non-hydrogen) atoms. The molecule has 1 fully saturated rings. The molecule has 1 aliphatic heterocycles. The lowest BCUT2D eigenvalue weighted by atomic mass is 9.90. The maximum absolute atomic E-state index is 5.56. The van der Waals surface area contributed by atoms with Gasteiger partial charge in [0, 0.05) is 11.5 Å². The maximum atomic E-state index is 5.56. The van der Waals surface area contributed by atoms with Crippen molar-refractivity contribution in [1.29, 1.82) is 0 Å². The molecule has 1 saturated heterocycles. The van der Waals surface area contributed by atoms with Gasteiger partial charge in [-0.3, -0.25) is 0 Å². The fraction of sp³-hybridized carbons (Fsp3) is 0.636. The number of ether oxygens (including phenoxy) is 2. The van der Waals surface area contributed by atoms with Gasteiger partial charge in [-0.15, -0.1) is 5.10 Å². The lowest BCUT2D eigenvalue weighted by molar-refractivity contribution is -0.120. The highest BCUT2D eigenvalue weighted by molar-refractivity contribution is 5.11. The number of aryl methyl sites for hydroxylation is 1. The van der Waals surface area contributed by atoms with E-state index in [1.54, 1.807) is 0 Å². The van der Waals surface area contributed by atoms with E-state index in [1.165, 1.54) is 0 Å². The Morgan fingerprint density at radius 3 is 2.67 bits per heavy atom. The van der Waals surface area contributed by atoms with E-state index >= 15 is 0 Å². The zero-order valence-corrected chi connectivity index (χ0v) is 9.19. The Labute approximate surface area is 89.6 Å². The van der Waals surface area contributed by atoms with Crippen LogP contribution in [0.5, 0.6) is 5.88 Å². The Morgan fingerprint density at radius 1 is 1.40 bits per heavy atom. The van der Waals surface area contributed by atoms with Crippen LogP contribution in [0.15, 0.2) is 12.1 Å². The van der Waals surface area contributed by atoms with Gasteiger partial charge < -0.3 is 9.47 Å². The van der Waals surface area contributed by atoms with Crippen LogP contribution in [0.3, 0.4) is 0 Å². The van der Waals surface area contributed by atoms with Gasteiger partial charge in [0.05, 0.1) is 25.5 Å². The molecule has 1 aliphatic rings. The molecule has 82 valence electrons. The highest BCUT2D eigenvalue weighted by atomic mass is 16.5. The number of hydrogen-bond acceptors (Lipinski definition) is 4. The van der Waals surface area contributed by atoms with Gasteiger partial charge in [0.25, 0.3) is 0 Å². The molecule has 0 aliphatic carbocycles. The number of rotatable bonds is 4. The molecule has 0 atom stereocenters. The minimum Gasteiger partial charge on any atom is -0.476 e. The van der Waals surface area contributed by atoms with Crippen molar-refractivity contribution in [2.24, 2.45) is 5.41 Å². The first-order valence-electron chi connectivity index (χ1n) is 5.25. The maximum Gasteiger partial charge on any atom is 0.233 e. The van der Waals surface area contributed by atoms with Gasteiger partial charge >= 0.3 is 0 Å². The fourth-order valence-corrected chi connectivity index (χ4v) is 1.40. The van der Waals surface area contributed by atoms with Crippen LogP contribution in [0.2, 0.25) is 0 Å². The van der Waals surface area contributed by atoms with E-state index < -0.39 is 0 Å².